The highest BCUT2D eigenvalue weighted by Crippen LogP contribution is 2.28. The van der Waals surface area contributed by atoms with E-state index >= 15 is 0 Å². The molecule has 3 rings (SSSR count). The molecule has 1 saturated carbocycles. The molecule has 134 valence electrons. The number of hydrogen-bond acceptors (Lipinski definition) is 2. The summed E-state index contributed by atoms with van der Waals surface area (Å²) in [5.74, 6) is 5.98. The third-order valence-electron chi connectivity index (χ3n) is 4.56. The summed E-state index contributed by atoms with van der Waals surface area (Å²) in [4.78, 5) is 12.3. The Bertz CT molecular complexity index is 825. The van der Waals surface area contributed by atoms with Gasteiger partial charge in [-0.15, -0.1) is 0 Å². The van der Waals surface area contributed by atoms with Gasteiger partial charge in [0.15, 0.2) is 0 Å². The van der Waals surface area contributed by atoms with Crippen LogP contribution in [0.3, 0.4) is 0 Å². The summed E-state index contributed by atoms with van der Waals surface area (Å²) in [7, 11) is 0. The zero-order valence-electron chi connectivity index (χ0n) is 14.5. The zero-order valence-corrected chi connectivity index (χ0v) is 15.3. The normalized spacial score (nSPS) is 22.2. The van der Waals surface area contributed by atoms with Crippen molar-refractivity contribution < 1.29 is 9.90 Å². The lowest BCUT2D eigenvalue weighted by Crippen LogP contribution is -2.45. The Kier molecular flexibility index (Phi) is 5.98. The van der Waals surface area contributed by atoms with Crippen molar-refractivity contribution in [2.75, 3.05) is 0 Å². The van der Waals surface area contributed by atoms with Crippen molar-refractivity contribution in [2.45, 2.75) is 43.7 Å². The van der Waals surface area contributed by atoms with Gasteiger partial charge in [-0.3, -0.25) is 4.79 Å². The first-order valence-corrected chi connectivity index (χ1v) is 9.25. The molecule has 1 amide bonds. The summed E-state index contributed by atoms with van der Waals surface area (Å²) in [6.45, 7) is 0. The lowest BCUT2D eigenvalue weighted by Gasteiger charge is -2.33. The Morgan fingerprint density at radius 2 is 2.04 bits per heavy atom. The van der Waals surface area contributed by atoms with E-state index in [2.05, 4.69) is 17.2 Å². The fourth-order valence-corrected chi connectivity index (χ4v) is 3.49. The Balaban J connectivity index is 1.60. The molecule has 0 spiro atoms. The third kappa shape index (κ3) is 5.36. The number of benzene rings is 2. The molecule has 0 radical (unpaired) electrons. The van der Waals surface area contributed by atoms with Crippen LogP contribution in [0.1, 0.15) is 36.8 Å². The maximum Gasteiger partial charge on any atom is 0.224 e. The molecule has 0 aromatic heterocycles. The second-order valence-corrected chi connectivity index (χ2v) is 7.25. The number of carbonyl (C=O) groups excluding carboxylic acids is 1. The molecule has 0 bridgehead atoms. The summed E-state index contributed by atoms with van der Waals surface area (Å²) in [6.07, 6.45) is 3.11. The van der Waals surface area contributed by atoms with Crippen LogP contribution < -0.4 is 5.32 Å². The van der Waals surface area contributed by atoms with Crippen molar-refractivity contribution in [3.8, 4) is 11.8 Å². The standard InChI is InChI=1S/C22H22ClNO2/c23-19-9-4-8-18(14-19)11-13-22(26)12-5-10-20(16-22)24-21(25)15-17-6-2-1-3-7-17/h1-4,6-9,14,20,26H,5,10,12,15-16H2,(H,24,25)/t20-,22?/m0/s1. The Morgan fingerprint density at radius 3 is 2.81 bits per heavy atom. The molecule has 1 aliphatic rings. The van der Waals surface area contributed by atoms with Gasteiger partial charge in [0.2, 0.25) is 5.91 Å². The summed E-state index contributed by atoms with van der Waals surface area (Å²) in [5.41, 5.74) is 0.684. The van der Waals surface area contributed by atoms with Gasteiger partial charge in [-0.1, -0.05) is 59.8 Å². The summed E-state index contributed by atoms with van der Waals surface area (Å²) >= 11 is 5.97. The van der Waals surface area contributed by atoms with Crippen LogP contribution in [-0.2, 0) is 11.2 Å². The topological polar surface area (TPSA) is 49.3 Å². The second kappa shape index (κ2) is 8.40. The molecule has 26 heavy (non-hydrogen) atoms. The van der Waals surface area contributed by atoms with Crippen molar-refractivity contribution >= 4 is 17.5 Å². The maximum absolute atomic E-state index is 12.3. The molecule has 1 aliphatic carbocycles. The van der Waals surface area contributed by atoms with Gasteiger partial charge in [0.05, 0.1) is 6.42 Å². The fraction of sp³-hybridized carbons (Fsp3) is 0.318. The van der Waals surface area contributed by atoms with E-state index in [-0.39, 0.29) is 11.9 Å². The summed E-state index contributed by atoms with van der Waals surface area (Å²) < 4.78 is 0. The molecular weight excluding hydrogens is 346 g/mol. The molecule has 4 heteroatoms. The van der Waals surface area contributed by atoms with E-state index in [9.17, 15) is 9.90 Å². The number of hydrogen-bond donors (Lipinski definition) is 2. The minimum atomic E-state index is -1.08. The van der Waals surface area contributed by atoms with Gasteiger partial charge >= 0.3 is 0 Å². The minimum absolute atomic E-state index is 0.0201. The van der Waals surface area contributed by atoms with E-state index in [1.165, 1.54) is 0 Å². The van der Waals surface area contributed by atoms with Gasteiger partial charge < -0.3 is 10.4 Å². The SMILES string of the molecule is O=C(Cc1ccccc1)N[C@H]1CCCC(O)(C#Cc2cccc(Cl)c2)C1. The quantitative estimate of drug-likeness (QED) is 0.812. The molecule has 2 N–H and O–H groups in total. The van der Waals surface area contributed by atoms with Crippen LogP contribution in [0.25, 0.3) is 0 Å². The van der Waals surface area contributed by atoms with Gasteiger partial charge in [0, 0.05) is 23.0 Å². The van der Waals surface area contributed by atoms with Crippen molar-refractivity contribution in [3.63, 3.8) is 0 Å². The first kappa shape index (κ1) is 18.5. The van der Waals surface area contributed by atoms with E-state index in [1.54, 1.807) is 12.1 Å². The van der Waals surface area contributed by atoms with E-state index in [1.807, 2.05) is 42.5 Å². The Hall–Kier alpha value is -2.28. The number of nitrogens with one attached hydrogen (secondary N) is 1. The molecule has 0 aliphatic heterocycles. The first-order chi connectivity index (χ1) is 12.5. The van der Waals surface area contributed by atoms with Crippen molar-refractivity contribution in [2.24, 2.45) is 0 Å². The average molecular weight is 368 g/mol. The van der Waals surface area contributed by atoms with Gasteiger partial charge in [-0.25, -0.2) is 0 Å². The predicted molar refractivity (Wildman–Crippen MR) is 104 cm³/mol. The largest absolute Gasteiger partial charge is 0.378 e. The summed E-state index contributed by atoms with van der Waals surface area (Å²) in [6, 6.07) is 16.9. The lowest BCUT2D eigenvalue weighted by atomic mass is 9.82. The van der Waals surface area contributed by atoms with Crippen LogP contribution in [-0.4, -0.2) is 22.7 Å². The van der Waals surface area contributed by atoms with Crippen LogP contribution in [0.15, 0.2) is 54.6 Å². The predicted octanol–water partition coefficient (Wildman–Crippen LogP) is 3.72. The van der Waals surface area contributed by atoms with Crippen molar-refractivity contribution in [1.82, 2.24) is 5.32 Å². The van der Waals surface area contributed by atoms with Crippen molar-refractivity contribution in [1.29, 1.82) is 0 Å². The Labute approximate surface area is 159 Å². The van der Waals surface area contributed by atoms with Gasteiger partial charge in [-0.05, 0) is 43.0 Å². The van der Waals surface area contributed by atoms with Gasteiger partial charge in [0.1, 0.15) is 5.60 Å². The number of halogens is 1. The highest BCUT2D eigenvalue weighted by molar-refractivity contribution is 6.30. The van der Waals surface area contributed by atoms with E-state index in [0.717, 1.165) is 24.0 Å². The minimum Gasteiger partial charge on any atom is -0.378 e. The van der Waals surface area contributed by atoms with E-state index in [0.29, 0.717) is 24.3 Å². The Morgan fingerprint density at radius 1 is 1.23 bits per heavy atom. The van der Waals surface area contributed by atoms with Crippen LogP contribution in [0, 0.1) is 11.8 Å². The second-order valence-electron chi connectivity index (χ2n) is 6.82. The molecular formula is C22H22ClNO2. The number of aliphatic hydroxyl groups is 1. The lowest BCUT2D eigenvalue weighted by molar-refractivity contribution is -0.121. The monoisotopic (exact) mass is 367 g/mol. The van der Waals surface area contributed by atoms with Gasteiger partial charge in [0.25, 0.3) is 0 Å². The maximum atomic E-state index is 12.3. The molecule has 3 nitrogen and oxygen atoms in total. The fourth-order valence-electron chi connectivity index (χ4n) is 3.30. The highest BCUT2D eigenvalue weighted by Gasteiger charge is 2.33. The number of amides is 1. The van der Waals surface area contributed by atoms with Crippen LogP contribution >= 0.6 is 11.6 Å². The smallest absolute Gasteiger partial charge is 0.224 e. The molecule has 1 fully saturated rings. The van der Waals surface area contributed by atoms with Crippen LogP contribution in [0.2, 0.25) is 5.02 Å². The van der Waals surface area contributed by atoms with Gasteiger partial charge in [-0.2, -0.15) is 0 Å². The van der Waals surface area contributed by atoms with E-state index < -0.39 is 5.60 Å². The van der Waals surface area contributed by atoms with Crippen molar-refractivity contribution in [3.05, 3.63) is 70.7 Å². The molecule has 2 aromatic rings. The number of rotatable bonds is 3. The molecule has 2 atom stereocenters. The first-order valence-electron chi connectivity index (χ1n) is 8.87. The van der Waals surface area contributed by atoms with Crippen LogP contribution in [0.4, 0.5) is 0 Å². The average Bonchev–Trinajstić information content (AvgIpc) is 2.61. The van der Waals surface area contributed by atoms with Crippen LogP contribution in [0.5, 0.6) is 0 Å². The third-order valence-corrected chi connectivity index (χ3v) is 4.80. The molecule has 2 aromatic carbocycles. The molecule has 1 unspecified atom stereocenters. The molecule has 0 heterocycles. The molecule has 0 saturated heterocycles. The zero-order chi connectivity index (χ0) is 18.4. The van der Waals surface area contributed by atoms with E-state index in [4.69, 9.17) is 11.6 Å². The highest BCUT2D eigenvalue weighted by atomic mass is 35.5. The summed E-state index contributed by atoms with van der Waals surface area (Å²) in [5, 5.41) is 14.5. The number of carbonyl (C=O) groups is 1.